The molecule has 0 aliphatic rings. The molecule has 0 N–H and O–H groups in total. The number of rotatable bonds is 2. The van der Waals surface area contributed by atoms with Crippen molar-refractivity contribution in [3.63, 3.8) is 0 Å². The lowest BCUT2D eigenvalue weighted by Gasteiger charge is -2.04. The second-order valence-electron chi connectivity index (χ2n) is 4.34. The Balaban J connectivity index is 1.98. The zero-order valence-corrected chi connectivity index (χ0v) is 10.6. The van der Waals surface area contributed by atoms with Gasteiger partial charge in [0.05, 0.1) is 5.52 Å². The molecule has 0 aliphatic carbocycles. The number of benzene rings is 2. The lowest BCUT2D eigenvalue weighted by molar-refractivity contribution is 1.17. The third-order valence-corrected chi connectivity index (χ3v) is 3.19. The van der Waals surface area contributed by atoms with Crippen LogP contribution in [0.2, 0.25) is 5.02 Å². The molecular weight excluding hydrogens is 242 g/mol. The van der Waals surface area contributed by atoms with Crippen LogP contribution in [0.3, 0.4) is 0 Å². The minimum absolute atomic E-state index is 0.751. The fourth-order valence-corrected chi connectivity index (χ4v) is 2.26. The smallest absolute Gasteiger partial charge is 0.0703 e. The van der Waals surface area contributed by atoms with Gasteiger partial charge >= 0.3 is 0 Å². The fourth-order valence-electron chi connectivity index (χ4n) is 2.08. The molecule has 1 nitrogen and oxygen atoms in total. The number of halogens is 1. The Morgan fingerprint density at radius 2 is 1.72 bits per heavy atom. The minimum Gasteiger partial charge on any atom is -0.256 e. The summed E-state index contributed by atoms with van der Waals surface area (Å²) in [6.45, 7) is 0. The summed E-state index contributed by atoms with van der Waals surface area (Å²) in [6.07, 6.45) is 2.83. The second kappa shape index (κ2) is 4.79. The first kappa shape index (κ1) is 11.2. The molecule has 0 bridgehead atoms. The van der Waals surface area contributed by atoms with Crippen molar-refractivity contribution in [2.75, 3.05) is 0 Å². The molecule has 88 valence electrons. The minimum atomic E-state index is 0.751. The first-order valence-electron chi connectivity index (χ1n) is 5.89. The second-order valence-corrected chi connectivity index (χ2v) is 4.78. The van der Waals surface area contributed by atoms with Crippen LogP contribution < -0.4 is 0 Å². The molecule has 3 rings (SSSR count). The molecule has 3 aromatic rings. The van der Waals surface area contributed by atoms with E-state index in [0.717, 1.165) is 22.3 Å². The summed E-state index contributed by atoms with van der Waals surface area (Å²) in [4.78, 5) is 4.46. The zero-order valence-electron chi connectivity index (χ0n) is 9.81. The molecule has 0 spiro atoms. The summed E-state index contributed by atoms with van der Waals surface area (Å²) in [6, 6.07) is 18.3. The molecule has 0 fully saturated rings. The van der Waals surface area contributed by atoms with E-state index < -0.39 is 0 Å². The average Bonchev–Trinajstić information content (AvgIpc) is 2.39. The molecule has 0 aliphatic heterocycles. The van der Waals surface area contributed by atoms with Crippen molar-refractivity contribution in [3.8, 4) is 0 Å². The van der Waals surface area contributed by atoms with Crippen LogP contribution in [0, 0.1) is 0 Å². The summed E-state index contributed by atoms with van der Waals surface area (Å²) in [5, 5.41) is 1.84. The normalized spacial score (nSPS) is 10.7. The third-order valence-electron chi connectivity index (χ3n) is 2.95. The van der Waals surface area contributed by atoms with Crippen LogP contribution in [0.4, 0.5) is 0 Å². The number of pyridine rings is 1. The molecule has 18 heavy (non-hydrogen) atoms. The molecule has 2 heteroatoms. The van der Waals surface area contributed by atoms with E-state index in [-0.39, 0.29) is 0 Å². The van der Waals surface area contributed by atoms with Gasteiger partial charge in [0, 0.05) is 16.6 Å². The van der Waals surface area contributed by atoms with Gasteiger partial charge in [-0.05, 0) is 41.8 Å². The lowest BCUT2D eigenvalue weighted by atomic mass is 10.1. The van der Waals surface area contributed by atoms with Gasteiger partial charge in [-0.2, -0.15) is 0 Å². The molecule has 0 amide bonds. The van der Waals surface area contributed by atoms with Crippen molar-refractivity contribution in [1.82, 2.24) is 4.98 Å². The Kier molecular flexibility index (Phi) is 2.99. The number of aromatic nitrogens is 1. The van der Waals surface area contributed by atoms with Crippen LogP contribution in [-0.2, 0) is 6.42 Å². The van der Waals surface area contributed by atoms with Crippen molar-refractivity contribution in [3.05, 3.63) is 76.9 Å². The molecule has 0 radical (unpaired) electrons. The zero-order chi connectivity index (χ0) is 12.4. The summed E-state index contributed by atoms with van der Waals surface area (Å²) in [7, 11) is 0. The highest BCUT2D eigenvalue weighted by Gasteiger charge is 2.00. The van der Waals surface area contributed by atoms with E-state index in [1.54, 1.807) is 0 Å². The topological polar surface area (TPSA) is 12.9 Å². The molecule has 1 aromatic heterocycles. The largest absolute Gasteiger partial charge is 0.256 e. The molecule has 0 saturated heterocycles. The molecule has 0 atom stereocenters. The summed E-state index contributed by atoms with van der Waals surface area (Å²) in [5.74, 6) is 0. The summed E-state index contributed by atoms with van der Waals surface area (Å²) in [5.41, 5.74) is 3.48. The summed E-state index contributed by atoms with van der Waals surface area (Å²) >= 11 is 6.00. The van der Waals surface area contributed by atoms with E-state index in [2.05, 4.69) is 35.3 Å². The Hall–Kier alpha value is -1.86. The van der Waals surface area contributed by atoms with E-state index in [0.29, 0.717) is 0 Å². The first-order valence-corrected chi connectivity index (χ1v) is 6.27. The van der Waals surface area contributed by atoms with Crippen LogP contribution in [0.1, 0.15) is 11.1 Å². The maximum Gasteiger partial charge on any atom is 0.0703 e. The predicted octanol–water partition coefficient (Wildman–Crippen LogP) is 4.48. The fraction of sp³-hybridized carbons (Fsp3) is 0.0625. The highest BCUT2D eigenvalue weighted by atomic mass is 35.5. The Morgan fingerprint density at radius 1 is 0.889 bits per heavy atom. The van der Waals surface area contributed by atoms with Crippen LogP contribution >= 0.6 is 11.6 Å². The molecule has 0 saturated carbocycles. The van der Waals surface area contributed by atoms with Crippen LogP contribution in [0.25, 0.3) is 10.9 Å². The quantitative estimate of drug-likeness (QED) is 0.656. The van der Waals surface area contributed by atoms with Crippen LogP contribution in [-0.4, -0.2) is 4.98 Å². The Labute approximate surface area is 111 Å². The van der Waals surface area contributed by atoms with Gasteiger partial charge in [0.15, 0.2) is 0 Å². The third kappa shape index (κ3) is 2.36. The van der Waals surface area contributed by atoms with Gasteiger partial charge in [0.1, 0.15) is 0 Å². The van der Waals surface area contributed by atoms with Crippen molar-refractivity contribution in [1.29, 1.82) is 0 Å². The number of hydrogen-bond donors (Lipinski definition) is 0. The van der Waals surface area contributed by atoms with E-state index in [4.69, 9.17) is 11.6 Å². The number of fused-ring (bicyclic) bond motifs is 1. The van der Waals surface area contributed by atoms with Gasteiger partial charge < -0.3 is 0 Å². The van der Waals surface area contributed by atoms with Crippen LogP contribution in [0.15, 0.2) is 60.8 Å². The van der Waals surface area contributed by atoms with Gasteiger partial charge in [0.25, 0.3) is 0 Å². The number of nitrogens with zero attached hydrogens (tertiary/aromatic N) is 1. The maximum absolute atomic E-state index is 6.00. The van der Waals surface area contributed by atoms with E-state index >= 15 is 0 Å². The van der Waals surface area contributed by atoms with E-state index in [9.17, 15) is 0 Å². The Bertz CT molecular complexity index is 677. The standard InChI is InChI=1S/C16H12ClN/c17-15-6-7-16-14(10-15)9-13(11-18-16)8-12-4-2-1-3-5-12/h1-7,9-11H,8H2. The SMILES string of the molecule is Clc1ccc2ncc(Cc3ccccc3)cc2c1. The van der Waals surface area contributed by atoms with Gasteiger partial charge in [-0.25, -0.2) is 0 Å². The average molecular weight is 254 g/mol. The molecular formula is C16H12ClN. The highest BCUT2D eigenvalue weighted by molar-refractivity contribution is 6.31. The lowest BCUT2D eigenvalue weighted by Crippen LogP contribution is -1.89. The molecule has 2 aromatic carbocycles. The van der Waals surface area contributed by atoms with Crippen molar-refractivity contribution in [2.45, 2.75) is 6.42 Å². The van der Waals surface area contributed by atoms with Gasteiger partial charge in [0.2, 0.25) is 0 Å². The molecule has 0 unspecified atom stereocenters. The first-order chi connectivity index (χ1) is 8.81. The van der Waals surface area contributed by atoms with Crippen molar-refractivity contribution in [2.24, 2.45) is 0 Å². The van der Waals surface area contributed by atoms with Crippen molar-refractivity contribution < 1.29 is 0 Å². The van der Waals surface area contributed by atoms with Crippen LogP contribution in [0.5, 0.6) is 0 Å². The van der Waals surface area contributed by atoms with E-state index in [1.807, 2.05) is 30.5 Å². The van der Waals surface area contributed by atoms with E-state index in [1.165, 1.54) is 11.1 Å². The molecule has 1 heterocycles. The summed E-state index contributed by atoms with van der Waals surface area (Å²) < 4.78 is 0. The van der Waals surface area contributed by atoms with Gasteiger partial charge in [-0.3, -0.25) is 4.98 Å². The predicted molar refractivity (Wildman–Crippen MR) is 76.0 cm³/mol. The number of hydrogen-bond acceptors (Lipinski definition) is 1. The van der Waals surface area contributed by atoms with Gasteiger partial charge in [-0.15, -0.1) is 0 Å². The Morgan fingerprint density at radius 3 is 2.56 bits per heavy atom. The highest BCUT2D eigenvalue weighted by Crippen LogP contribution is 2.19. The maximum atomic E-state index is 6.00. The van der Waals surface area contributed by atoms with Gasteiger partial charge in [-0.1, -0.05) is 41.9 Å². The van der Waals surface area contributed by atoms with Crippen molar-refractivity contribution >= 4 is 22.5 Å². The monoisotopic (exact) mass is 253 g/mol.